The van der Waals surface area contributed by atoms with Crippen LogP contribution in [0.15, 0.2) is 18.3 Å². The van der Waals surface area contributed by atoms with Gasteiger partial charge in [0, 0.05) is 25.1 Å². The second kappa shape index (κ2) is 4.86. The van der Waals surface area contributed by atoms with Gasteiger partial charge in [0.05, 0.1) is 13.2 Å². The Morgan fingerprint density at radius 2 is 1.94 bits per heavy atom. The van der Waals surface area contributed by atoms with E-state index >= 15 is 0 Å². The number of hydrogen-bond acceptors (Lipinski definition) is 4. The maximum atomic E-state index is 5.89. The highest BCUT2D eigenvalue weighted by molar-refractivity contribution is 5.16. The van der Waals surface area contributed by atoms with Crippen molar-refractivity contribution in [2.45, 2.75) is 44.5 Å². The third-order valence-electron chi connectivity index (χ3n) is 3.68. The van der Waals surface area contributed by atoms with E-state index in [0.717, 1.165) is 50.3 Å². The van der Waals surface area contributed by atoms with Crippen LogP contribution in [-0.4, -0.2) is 30.1 Å². The molecule has 4 heteroatoms. The normalized spacial score (nSPS) is 23.4. The molecule has 2 aliphatic rings. The molecule has 18 heavy (non-hydrogen) atoms. The molecule has 1 aromatic heterocycles. The van der Waals surface area contributed by atoms with Crippen molar-refractivity contribution in [2.75, 3.05) is 13.2 Å². The van der Waals surface area contributed by atoms with Crippen molar-refractivity contribution in [3.05, 3.63) is 23.9 Å². The Hall–Kier alpha value is -1.13. The Morgan fingerprint density at radius 1 is 1.22 bits per heavy atom. The van der Waals surface area contributed by atoms with Crippen LogP contribution in [0.25, 0.3) is 0 Å². The van der Waals surface area contributed by atoms with Crippen LogP contribution in [0.4, 0.5) is 0 Å². The summed E-state index contributed by atoms with van der Waals surface area (Å²) in [5, 5.41) is 0. The summed E-state index contributed by atoms with van der Waals surface area (Å²) in [4.78, 5) is 4.28. The first-order chi connectivity index (χ1) is 8.76. The maximum absolute atomic E-state index is 5.89. The lowest BCUT2D eigenvalue weighted by Gasteiger charge is -2.35. The van der Waals surface area contributed by atoms with Crippen molar-refractivity contribution in [3.8, 4) is 5.88 Å². The van der Waals surface area contributed by atoms with E-state index in [-0.39, 0.29) is 11.9 Å². The van der Waals surface area contributed by atoms with Gasteiger partial charge >= 0.3 is 0 Å². The Bertz CT molecular complexity index is 388. The lowest BCUT2D eigenvalue weighted by molar-refractivity contribution is -0.186. The van der Waals surface area contributed by atoms with Crippen LogP contribution in [0.3, 0.4) is 0 Å². The minimum Gasteiger partial charge on any atom is -0.474 e. The molecule has 1 spiro atoms. The number of nitrogens with zero attached hydrogens (tertiary/aromatic N) is 1. The molecular formula is C14H19NO3. The largest absolute Gasteiger partial charge is 0.474 e. The Labute approximate surface area is 107 Å². The molecule has 98 valence electrons. The molecule has 2 fully saturated rings. The van der Waals surface area contributed by atoms with Gasteiger partial charge in [-0.15, -0.1) is 0 Å². The van der Waals surface area contributed by atoms with E-state index in [1.165, 1.54) is 0 Å². The Kier molecular flexibility index (Phi) is 3.22. The predicted molar refractivity (Wildman–Crippen MR) is 66.5 cm³/mol. The minimum absolute atomic E-state index is 0.235. The topological polar surface area (TPSA) is 40.6 Å². The maximum Gasteiger partial charge on any atom is 0.213 e. The van der Waals surface area contributed by atoms with Crippen molar-refractivity contribution < 1.29 is 14.2 Å². The third kappa shape index (κ3) is 2.49. The second-order valence-corrected chi connectivity index (χ2v) is 5.10. The molecule has 0 N–H and O–H groups in total. The summed E-state index contributed by atoms with van der Waals surface area (Å²) in [6.45, 7) is 3.48. The van der Waals surface area contributed by atoms with Gasteiger partial charge in [0.2, 0.25) is 5.88 Å². The van der Waals surface area contributed by atoms with Crippen molar-refractivity contribution in [1.29, 1.82) is 0 Å². The van der Waals surface area contributed by atoms with Crippen molar-refractivity contribution in [1.82, 2.24) is 4.98 Å². The Morgan fingerprint density at radius 3 is 2.56 bits per heavy atom. The van der Waals surface area contributed by atoms with E-state index in [2.05, 4.69) is 4.98 Å². The second-order valence-electron chi connectivity index (χ2n) is 5.10. The number of ether oxygens (including phenoxy) is 3. The molecule has 0 bridgehead atoms. The standard InChI is InChI=1S/C14H19NO3/c1-11-2-3-13(15-10-11)18-12-4-6-14(7-5-12)16-8-9-17-14/h2-3,10,12H,4-9H2,1H3. The minimum atomic E-state index is -0.305. The lowest BCUT2D eigenvalue weighted by atomic mass is 9.92. The Balaban J connectivity index is 1.55. The van der Waals surface area contributed by atoms with E-state index in [0.29, 0.717) is 0 Å². The molecule has 1 saturated carbocycles. The number of pyridine rings is 1. The van der Waals surface area contributed by atoms with Gasteiger partial charge in [-0.3, -0.25) is 0 Å². The monoisotopic (exact) mass is 249 g/mol. The summed E-state index contributed by atoms with van der Waals surface area (Å²) in [6.07, 6.45) is 5.85. The van der Waals surface area contributed by atoms with E-state index in [1.807, 2.05) is 25.3 Å². The summed E-state index contributed by atoms with van der Waals surface area (Å²) >= 11 is 0. The molecule has 0 unspecified atom stereocenters. The SMILES string of the molecule is Cc1ccc(OC2CCC3(CC2)OCCO3)nc1. The van der Waals surface area contributed by atoms with E-state index in [4.69, 9.17) is 14.2 Å². The van der Waals surface area contributed by atoms with Crippen LogP contribution >= 0.6 is 0 Å². The third-order valence-corrected chi connectivity index (χ3v) is 3.68. The van der Waals surface area contributed by atoms with E-state index in [1.54, 1.807) is 0 Å². The van der Waals surface area contributed by atoms with Gasteiger partial charge in [-0.2, -0.15) is 0 Å². The predicted octanol–water partition coefficient (Wildman–Crippen LogP) is 2.45. The summed E-state index contributed by atoms with van der Waals surface area (Å²) in [5.41, 5.74) is 1.15. The van der Waals surface area contributed by atoms with Gasteiger partial charge in [0.25, 0.3) is 0 Å². The highest BCUT2D eigenvalue weighted by Crippen LogP contribution is 2.36. The number of hydrogen-bond donors (Lipinski definition) is 0. The smallest absolute Gasteiger partial charge is 0.213 e. The number of rotatable bonds is 2. The summed E-state index contributed by atoms with van der Waals surface area (Å²) in [6, 6.07) is 3.96. The van der Waals surface area contributed by atoms with Crippen LogP contribution in [0.5, 0.6) is 5.88 Å². The van der Waals surface area contributed by atoms with Crippen LogP contribution in [0.2, 0.25) is 0 Å². The molecule has 0 atom stereocenters. The van der Waals surface area contributed by atoms with Crippen molar-refractivity contribution >= 4 is 0 Å². The zero-order valence-corrected chi connectivity index (χ0v) is 10.7. The molecular weight excluding hydrogens is 230 g/mol. The fourth-order valence-electron chi connectivity index (χ4n) is 2.63. The molecule has 3 rings (SSSR count). The molecule has 1 aliphatic carbocycles. The lowest BCUT2D eigenvalue weighted by Crippen LogP contribution is -2.38. The van der Waals surface area contributed by atoms with Gasteiger partial charge in [0.1, 0.15) is 6.10 Å². The van der Waals surface area contributed by atoms with Gasteiger partial charge in [-0.25, -0.2) is 4.98 Å². The molecule has 0 amide bonds. The average Bonchev–Trinajstić information content (AvgIpc) is 2.84. The van der Waals surface area contributed by atoms with Crippen molar-refractivity contribution in [3.63, 3.8) is 0 Å². The molecule has 1 aliphatic heterocycles. The van der Waals surface area contributed by atoms with Crippen LogP contribution < -0.4 is 4.74 Å². The zero-order valence-electron chi connectivity index (χ0n) is 10.7. The van der Waals surface area contributed by atoms with Crippen LogP contribution in [0, 0.1) is 6.92 Å². The van der Waals surface area contributed by atoms with Crippen molar-refractivity contribution in [2.24, 2.45) is 0 Å². The summed E-state index contributed by atoms with van der Waals surface area (Å²) in [5.74, 6) is 0.412. The molecule has 0 aromatic carbocycles. The highest BCUT2D eigenvalue weighted by atomic mass is 16.7. The summed E-state index contributed by atoms with van der Waals surface area (Å²) in [7, 11) is 0. The molecule has 4 nitrogen and oxygen atoms in total. The fourth-order valence-corrected chi connectivity index (χ4v) is 2.63. The first-order valence-electron chi connectivity index (χ1n) is 6.63. The highest BCUT2D eigenvalue weighted by Gasteiger charge is 2.40. The molecule has 2 heterocycles. The first kappa shape index (κ1) is 11.9. The van der Waals surface area contributed by atoms with Crippen LogP contribution in [-0.2, 0) is 9.47 Å². The number of aromatic nitrogens is 1. The number of aryl methyl sites for hydroxylation is 1. The molecule has 1 saturated heterocycles. The summed E-state index contributed by atoms with van der Waals surface area (Å²) < 4.78 is 17.3. The molecule has 1 aromatic rings. The van der Waals surface area contributed by atoms with Gasteiger partial charge in [0.15, 0.2) is 5.79 Å². The quantitative estimate of drug-likeness (QED) is 0.807. The van der Waals surface area contributed by atoms with Gasteiger partial charge in [-0.05, 0) is 25.3 Å². The van der Waals surface area contributed by atoms with E-state index in [9.17, 15) is 0 Å². The average molecular weight is 249 g/mol. The van der Waals surface area contributed by atoms with Gasteiger partial charge in [-0.1, -0.05) is 6.07 Å². The zero-order chi connectivity index (χ0) is 12.4. The fraction of sp³-hybridized carbons (Fsp3) is 0.643. The first-order valence-corrected chi connectivity index (χ1v) is 6.63. The van der Waals surface area contributed by atoms with Gasteiger partial charge < -0.3 is 14.2 Å². The molecule has 0 radical (unpaired) electrons. The van der Waals surface area contributed by atoms with E-state index < -0.39 is 0 Å². The van der Waals surface area contributed by atoms with Crippen LogP contribution in [0.1, 0.15) is 31.2 Å².